The molecule has 1 saturated heterocycles. The maximum absolute atomic E-state index is 13.6. The predicted molar refractivity (Wildman–Crippen MR) is 81.4 cm³/mol. The zero-order valence-corrected chi connectivity index (χ0v) is 13.3. The van der Waals surface area contributed by atoms with E-state index in [9.17, 15) is 9.18 Å². The summed E-state index contributed by atoms with van der Waals surface area (Å²) in [4.78, 5) is 13.0. The molecule has 1 N–H and O–H groups in total. The van der Waals surface area contributed by atoms with Crippen LogP contribution in [0, 0.1) is 11.7 Å². The molecule has 1 aromatic rings. The summed E-state index contributed by atoms with van der Waals surface area (Å²) >= 11 is 11.9. The van der Waals surface area contributed by atoms with E-state index in [1.54, 1.807) is 0 Å². The summed E-state index contributed by atoms with van der Waals surface area (Å²) in [7, 11) is 0. The lowest BCUT2D eigenvalue weighted by molar-refractivity contribution is -0.138. The van der Waals surface area contributed by atoms with Gasteiger partial charge in [-0.1, -0.05) is 23.2 Å². The van der Waals surface area contributed by atoms with Gasteiger partial charge >= 0.3 is 5.97 Å². The van der Waals surface area contributed by atoms with Crippen LogP contribution in [0.2, 0.25) is 10.0 Å². The van der Waals surface area contributed by atoms with Gasteiger partial charge in [-0.3, -0.25) is 9.69 Å². The van der Waals surface area contributed by atoms with Gasteiger partial charge in [0.2, 0.25) is 0 Å². The minimum Gasteiger partial charge on any atom is -0.481 e. The molecule has 0 saturated carbocycles. The quantitative estimate of drug-likeness (QED) is 0.831. The van der Waals surface area contributed by atoms with E-state index >= 15 is 0 Å². The third-order valence-electron chi connectivity index (χ3n) is 4.05. The van der Waals surface area contributed by atoms with Crippen molar-refractivity contribution in [1.82, 2.24) is 4.90 Å². The van der Waals surface area contributed by atoms with E-state index in [0.717, 1.165) is 19.4 Å². The minimum atomic E-state index is -0.773. The van der Waals surface area contributed by atoms with Gasteiger partial charge in [-0.2, -0.15) is 0 Å². The number of likely N-dealkylation sites (tertiary alicyclic amines) is 1. The number of nitrogens with zero attached hydrogens (tertiary/aromatic N) is 1. The van der Waals surface area contributed by atoms with Crippen molar-refractivity contribution in [1.29, 1.82) is 0 Å². The van der Waals surface area contributed by atoms with Gasteiger partial charge in [0.05, 0.1) is 5.02 Å². The van der Waals surface area contributed by atoms with Crippen molar-refractivity contribution in [2.75, 3.05) is 13.1 Å². The maximum atomic E-state index is 13.6. The summed E-state index contributed by atoms with van der Waals surface area (Å²) in [6, 6.07) is 2.72. The topological polar surface area (TPSA) is 40.5 Å². The molecule has 2 unspecified atom stereocenters. The second-order valence-electron chi connectivity index (χ2n) is 5.56. The molecule has 2 atom stereocenters. The summed E-state index contributed by atoms with van der Waals surface area (Å²) in [5, 5.41) is 9.37. The molecule has 1 heterocycles. The fourth-order valence-electron chi connectivity index (χ4n) is 2.92. The number of rotatable bonds is 4. The summed E-state index contributed by atoms with van der Waals surface area (Å²) in [5.74, 6) is -1.12. The van der Waals surface area contributed by atoms with Gasteiger partial charge in [0, 0.05) is 24.0 Å². The molecule has 0 aliphatic carbocycles. The Hall–Kier alpha value is -0.840. The molecule has 21 heavy (non-hydrogen) atoms. The molecule has 1 aliphatic heterocycles. The SMILES string of the molecule is CC(c1cc(F)c(Cl)cc1Cl)N1CCCC(CC(=O)O)C1. The number of benzene rings is 1. The van der Waals surface area contributed by atoms with Crippen molar-refractivity contribution in [2.45, 2.75) is 32.2 Å². The van der Waals surface area contributed by atoms with E-state index in [4.69, 9.17) is 28.3 Å². The second kappa shape index (κ2) is 6.95. The summed E-state index contributed by atoms with van der Waals surface area (Å²) in [6.45, 7) is 3.50. The lowest BCUT2D eigenvalue weighted by atomic mass is 9.93. The first-order valence-electron chi connectivity index (χ1n) is 6.98. The minimum absolute atomic E-state index is 0.0124. The number of carboxylic acid groups (broad SMARTS) is 1. The van der Waals surface area contributed by atoms with Crippen molar-refractivity contribution < 1.29 is 14.3 Å². The van der Waals surface area contributed by atoms with Crippen LogP contribution in [0.25, 0.3) is 0 Å². The molecule has 1 fully saturated rings. The first-order chi connectivity index (χ1) is 9.88. The number of piperidine rings is 1. The molecule has 116 valence electrons. The first kappa shape index (κ1) is 16.5. The highest BCUT2D eigenvalue weighted by Gasteiger charge is 2.27. The van der Waals surface area contributed by atoms with E-state index in [-0.39, 0.29) is 23.4 Å². The van der Waals surface area contributed by atoms with Crippen molar-refractivity contribution in [2.24, 2.45) is 5.92 Å². The third-order valence-corrected chi connectivity index (χ3v) is 4.67. The van der Waals surface area contributed by atoms with E-state index in [1.165, 1.54) is 12.1 Å². The molecular formula is C15H18Cl2FNO2. The molecule has 0 radical (unpaired) electrons. The Kier molecular flexibility index (Phi) is 5.47. The molecule has 2 rings (SSSR count). The molecule has 1 aromatic carbocycles. The van der Waals surface area contributed by atoms with Crippen molar-refractivity contribution >= 4 is 29.2 Å². The van der Waals surface area contributed by atoms with Crippen LogP contribution < -0.4 is 0 Å². The molecule has 0 bridgehead atoms. The Bertz CT molecular complexity index is 539. The van der Waals surface area contributed by atoms with Crippen LogP contribution >= 0.6 is 23.2 Å². The van der Waals surface area contributed by atoms with E-state index in [2.05, 4.69) is 4.90 Å². The molecule has 6 heteroatoms. The number of halogens is 3. The molecule has 3 nitrogen and oxygen atoms in total. The molecule has 0 aromatic heterocycles. The van der Waals surface area contributed by atoms with E-state index in [1.807, 2.05) is 6.92 Å². The van der Waals surface area contributed by atoms with Crippen molar-refractivity contribution in [3.8, 4) is 0 Å². The molecule has 0 amide bonds. The standard InChI is InChI=1S/C15H18Cl2FNO2/c1-9(11-6-14(18)13(17)7-12(11)16)19-4-2-3-10(8-19)5-15(20)21/h6-7,9-10H,2-5,8H2,1H3,(H,20,21). The van der Waals surface area contributed by atoms with Crippen molar-refractivity contribution in [3.05, 3.63) is 33.6 Å². The van der Waals surface area contributed by atoms with Gasteiger partial charge in [0.25, 0.3) is 0 Å². The highest BCUT2D eigenvalue weighted by atomic mass is 35.5. The van der Waals surface area contributed by atoms with E-state index < -0.39 is 11.8 Å². The number of hydrogen-bond donors (Lipinski definition) is 1. The average Bonchev–Trinajstić information content (AvgIpc) is 2.41. The van der Waals surface area contributed by atoms with Crippen LogP contribution in [-0.2, 0) is 4.79 Å². The Labute approximate surface area is 133 Å². The van der Waals surface area contributed by atoms with Crippen molar-refractivity contribution in [3.63, 3.8) is 0 Å². The number of hydrogen-bond acceptors (Lipinski definition) is 2. The van der Waals surface area contributed by atoms with Gasteiger partial charge in [0.1, 0.15) is 5.82 Å². The molecular weight excluding hydrogens is 316 g/mol. The van der Waals surface area contributed by atoms with Gasteiger partial charge < -0.3 is 5.11 Å². The smallest absolute Gasteiger partial charge is 0.303 e. The number of aliphatic carboxylic acids is 1. The van der Waals surface area contributed by atoms with Crippen LogP contribution in [-0.4, -0.2) is 29.1 Å². The van der Waals surface area contributed by atoms with E-state index in [0.29, 0.717) is 17.1 Å². The average molecular weight is 334 g/mol. The lowest BCUT2D eigenvalue weighted by Crippen LogP contribution is -2.38. The van der Waals surface area contributed by atoms with Crippen LogP contribution in [0.4, 0.5) is 4.39 Å². The Balaban J connectivity index is 2.14. The summed E-state index contributed by atoms with van der Waals surface area (Å²) < 4.78 is 13.6. The highest BCUT2D eigenvalue weighted by molar-refractivity contribution is 6.35. The fourth-order valence-corrected chi connectivity index (χ4v) is 3.46. The lowest BCUT2D eigenvalue weighted by Gasteiger charge is -2.37. The largest absolute Gasteiger partial charge is 0.481 e. The zero-order chi connectivity index (χ0) is 15.6. The fraction of sp³-hybridized carbons (Fsp3) is 0.533. The monoisotopic (exact) mass is 333 g/mol. The van der Waals surface area contributed by atoms with Crippen LogP contribution in [0.1, 0.15) is 37.8 Å². The maximum Gasteiger partial charge on any atom is 0.303 e. The van der Waals surface area contributed by atoms with Crippen LogP contribution in [0.5, 0.6) is 0 Å². The molecule has 1 aliphatic rings. The van der Waals surface area contributed by atoms with Gasteiger partial charge in [-0.25, -0.2) is 4.39 Å². The third kappa shape index (κ3) is 4.09. The predicted octanol–water partition coefficient (Wildman–Crippen LogP) is 4.38. The summed E-state index contributed by atoms with van der Waals surface area (Å²) in [5.41, 5.74) is 0.689. The Morgan fingerprint density at radius 1 is 1.48 bits per heavy atom. The van der Waals surface area contributed by atoms with Gasteiger partial charge in [-0.05, 0) is 49.9 Å². The Morgan fingerprint density at radius 3 is 2.86 bits per heavy atom. The normalized spacial score (nSPS) is 21.2. The van der Waals surface area contributed by atoms with Gasteiger partial charge in [-0.15, -0.1) is 0 Å². The highest BCUT2D eigenvalue weighted by Crippen LogP contribution is 2.34. The number of carbonyl (C=O) groups is 1. The first-order valence-corrected chi connectivity index (χ1v) is 7.74. The van der Waals surface area contributed by atoms with Gasteiger partial charge in [0.15, 0.2) is 0 Å². The Morgan fingerprint density at radius 2 is 2.19 bits per heavy atom. The van der Waals surface area contributed by atoms with Crippen LogP contribution in [0.15, 0.2) is 12.1 Å². The zero-order valence-electron chi connectivity index (χ0n) is 11.8. The second-order valence-corrected chi connectivity index (χ2v) is 6.38. The molecule has 0 spiro atoms. The summed E-state index contributed by atoms with van der Waals surface area (Å²) in [6.07, 6.45) is 2.03. The van der Waals surface area contributed by atoms with Crippen LogP contribution in [0.3, 0.4) is 0 Å². The number of carboxylic acids is 1.